The highest BCUT2D eigenvalue weighted by Gasteiger charge is 2.16. The molecule has 0 spiro atoms. The van der Waals surface area contributed by atoms with Crippen molar-refractivity contribution in [2.24, 2.45) is 5.92 Å². The standard InChI is InChI=1S/C14H24BrNS/c1-4-7-16-13(8-11(5-2)6-3)12-9-14(15)17-10-12/h9-11,13,16H,4-8H2,1-3H3. The van der Waals surface area contributed by atoms with Crippen LogP contribution in [0.15, 0.2) is 15.2 Å². The number of halogens is 1. The lowest BCUT2D eigenvalue weighted by Gasteiger charge is -2.22. The molecule has 0 aliphatic heterocycles. The first-order chi connectivity index (χ1) is 8.21. The van der Waals surface area contributed by atoms with Gasteiger partial charge in [0.05, 0.1) is 3.79 Å². The van der Waals surface area contributed by atoms with Crippen LogP contribution in [0.25, 0.3) is 0 Å². The highest BCUT2D eigenvalue weighted by molar-refractivity contribution is 9.11. The van der Waals surface area contributed by atoms with Gasteiger partial charge < -0.3 is 5.32 Å². The van der Waals surface area contributed by atoms with E-state index >= 15 is 0 Å². The minimum absolute atomic E-state index is 0.530. The van der Waals surface area contributed by atoms with Crippen LogP contribution < -0.4 is 5.32 Å². The van der Waals surface area contributed by atoms with Crippen molar-refractivity contribution in [2.45, 2.75) is 52.5 Å². The lowest BCUT2D eigenvalue weighted by Crippen LogP contribution is -2.24. The second-order valence-corrected chi connectivity index (χ2v) is 6.90. The third-order valence-electron chi connectivity index (χ3n) is 3.35. The Morgan fingerprint density at radius 2 is 2.00 bits per heavy atom. The fourth-order valence-electron chi connectivity index (χ4n) is 2.12. The van der Waals surface area contributed by atoms with Gasteiger partial charge in [0.1, 0.15) is 0 Å². The van der Waals surface area contributed by atoms with E-state index in [1.807, 2.05) is 0 Å². The van der Waals surface area contributed by atoms with Gasteiger partial charge in [-0.3, -0.25) is 0 Å². The van der Waals surface area contributed by atoms with Crippen molar-refractivity contribution >= 4 is 27.3 Å². The van der Waals surface area contributed by atoms with Crippen LogP contribution >= 0.6 is 27.3 Å². The molecule has 1 heterocycles. The Bertz CT molecular complexity index is 307. The Morgan fingerprint density at radius 1 is 1.29 bits per heavy atom. The van der Waals surface area contributed by atoms with Crippen molar-refractivity contribution in [3.63, 3.8) is 0 Å². The zero-order chi connectivity index (χ0) is 12.7. The molecule has 0 saturated carbocycles. The average Bonchev–Trinajstić information content (AvgIpc) is 2.76. The summed E-state index contributed by atoms with van der Waals surface area (Å²) in [5.74, 6) is 0.836. The largest absolute Gasteiger partial charge is 0.310 e. The predicted octanol–water partition coefficient (Wildman–Crippen LogP) is 5.38. The second kappa shape index (κ2) is 8.28. The molecule has 1 nitrogen and oxygen atoms in total. The van der Waals surface area contributed by atoms with Gasteiger partial charge in [-0.1, -0.05) is 33.6 Å². The quantitative estimate of drug-likeness (QED) is 0.679. The van der Waals surface area contributed by atoms with E-state index in [0.717, 1.165) is 12.5 Å². The van der Waals surface area contributed by atoms with Crippen LogP contribution in [0.2, 0.25) is 0 Å². The highest BCUT2D eigenvalue weighted by Crippen LogP contribution is 2.30. The molecule has 1 N–H and O–H groups in total. The number of nitrogens with one attached hydrogen (secondary N) is 1. The van der Waals surface area contributed by atoms with E-state index in [0.29, 0.717) is 6.04 Å². The number of thiophene rings is 1. The van der Waals surface area contributed by atoms with E-state index in [1.165, 1.54) is 35.0 Å². The van der Waals surface area contributed by atoms with E-state index in [1.54, 1.807) is 11.3 Å². The van der Waals surface area contributed by atoms with Crippen LogP contribution in [-0.2, 0) is 0 Å². The number of hydrogen-bond acceptors (Lipinski definition) is 2. The Hall–Kier alpha value is 0.140. The van der Waals surface area contributed by atoms with Crippen molar-refractivity contribution < 1.29 is 0 Å². The molecular formula is C14H24BrNS. The Labute approximate surface area is 118 Å². The molecule has 0 radical (unpaired) electrons. The molecule has 1 atom stereocenters. The SMILES string of the molecule is CCCNC(CC(CC)CC)c1csc(Br)c1. The molecule has 1 rings (SSSR count). The van der Waals surface area contributed by atoms with Gasteiger partial charge in [0.2, 0.25) is 0 Å². The van der Waals surface area contributed by atoms with Gasteiger partial charge >= 0.3 is 0 Å². The summed E-state index contributed by atoms with van der Waals surface area (Å²) in [4.78, 5) is 0. The molecule has 0 bridgehead atoms. The zero-order valence-electron chi connectivity index (χ0n) is 11.1. The molecule has 0 amide bonds. The van der Waals surface area contributed by atoms with Crippen molar-refractivity contribution in [1.29, 1.82) is 0 Å². The van der Waals surface area contributed by atoms with E-state index in [2.05, 4.69) is 53.5 Å². The maximum absolute atomic E-state index is 3.68. The summed E-state index contributed by atoms with van der Waals surface area (Å²) in [6.45, 7) is 7.94. The van der Waals surface area contributed by atoms with Crippen LogP contribution in [0.4, 0.5) is 0 Å². The van der Waals surface area contributed by atoms with Crippen LogP contribution in [0.5, 0.6) is 0 Å². The van der Waals surface area contributed by atoms with Crippen molar-refractivity contribution in [3.05, 3.63) is 20.8 Å². The minimum Gasteiger partial charge on any atom is -0.310 e. The van der Waals surface area contributed by atoms with Crippen molar-refractivity contribution in [2.75, 3.05) is 6.54 Å². The van der Waals surface area contributed by atoms with Crippen LogP contribution in [0, 0.1) is 5.92 Å². The molecule has 0 aliphatic rings. The van der Waals surface area contributed by atoms with E-state index in [-0.39, 0.29) is 0 Å². The first kappa shape index (κ1) is 15.2. The van der Waals surface area contributed by atoms with Gasteiger partial charge in [-0.05, 0) is 58.2 Å². The number of hydrogen-bond donors (Lipinski definition) is 1. The van der Waals surface area contributed by atoms with Gasteiger partial charge in [0.25, 0.3) is 0 Å². The Balaban J connectivity index is 2.66. The summed E-state index contributed by atoms with van der Waals surface area (Å²) >= 11 is 5.34. The van der Waals surface area contributed by atoms with Gasteiger partial charge in [0.15, 0.2) is 0 Å². The van der Waals surface area contributed by atoms with Crippen LogP contribution in [-0.4, -0.2) is 6.54 Å². The Morgan fingerprint density at radius 3 is 2.47 bits per heavy atom. The van der Waals surface area contributed by atoms with Crippen molar-refractivity contribution in [1.82, 2.24) is 5.32 Å². The first-order valence-corrected chi connectivity index (χ1v) is 8.35. The van der Waals surface area contributed by atoms with Crippen molar-refractivity contribution in [3.8, 4) is 0 Å². The molecule has 0 fully saturated rings. The molecule has 0 saturated heterocycles. The third-order valence-corrected chi connectivity index (χ3v) is 4.88. The smallest absolute Gasteiger partial charge is 0.0701 e. The molecule has 17 heavy (non-hydrogen) atoms. The molecule has 1 aromatic heterocycles. The van der Waals surface area contributed by atoms with E-state index in [4.69, 9.17) is 0 Å². The topological polar surface area (TPSA) is 12.0 Å². The normalized spacial score (nSPS) is 13.2. The molecular weight excluding hydrogens is 294 g/mol. The minimum atomic E-state index is 0.530. The van der Waals surface area contributed by atoms with E-state index in [9.17, 15) is 0 Å². The fourth-order valence-corrected chi connectivity index (χ4v) is 3.35. The molecule has 3 heteroatoms. The van der Waals surface area contributed by atoms with Gasteiger partial charge in [-0.25, -0.2) is 0 Å². The lowest BCUT2D eigenvalue weighted by atomic mass is 9.92. The summed E-state index contributed by atoms with van der Waals surface area (Å²) < 4.78 is 1.24. The lowest BCUT2D eigenvalue weighted by molar-refractivity contribution is 0.372. The average molecular weight is 318 g/mol. The molecule has 98 valence electrons. The summed E-state index contributed by atoms with van der Waals surface area (Å²) in [6.07, 6.45) is 5.03. The fraction of sp³-hybridized carbons (Fsp3) is 0.714. The monoisotopic (exact) mass is 317 g/mol. The number of rotatable bonds is 8. The summed E-state index contributed by atoms with van der Waals surface area (Å²) in [6, 6.07) is 2.79. The molecule has 0 aliphatic carbocycles. The van der Waals surface area contributed by atoms with Gasteiger partial charge in [-0.15, -0.1) is 11.3 Å². The second-order valence-electron chi connectivity index (χ2n) is 4.61. The van der Waals surface area contributed by atoms with E-state index < -0.39 is 0 Å². The molecule has 0 aromatic carbocycles. The van der Waals surface area contributed by atoms with Crippen LogP contribution in [0.3, 0.4) is 0 Å². The molecule has 1 aromatic rings. The van der Waals surface area contributed by atoms with Gasteiger partial charge in [0, 0.05) is 6.04 Å². The maximum Gasteiger partial charge on any atom is 0.0701 e. The highest BCUT2D eigenvalue weighted by atomic mass is 79.9. The Kier molecular flexibility index (Phi) is 7.40. The summed E-state index contributed by atoms with van der Waals surface area (Å²) in [5, 5.41) is 5.96. The predicted molar refractivity (Wildman–Crippen MR) is 81.7 cm³/mol. The zero-order valence-corrected chi connectivity index (χ0v) is 13.5. The van der Waals surface area contributed by atoms with Gasteiger partial charge in [-0.2, -0.15) is 0 Å². The summed E-state index contributed by atoms with van der Waals surface area (Å²) in [7, 11) is 0. The summed E-state index contributed by atoms with van der Waals surface area (Å²) in [5.41, 5.74) is 1.45. The first-order valence-electron chi connectivity index (χ1n) is 6.68. The maximum atomic E-state index is 3.68. The van der Waals surface area contributed by atoms with Crippen LogP contribution in [0.1, 0.15) is 58.1 Å². The third kappa shape index (κ3) is 5.11. The molecule has 1 unspecified atom stereocenters.